The summed E-state index contributed by atoms with van der Waals surface area (Å²) in [5.41, 5.74) is 3.84. The lowest BCUT2D eigenvalue weighted by molar-refractivity contribution is 0.0600. The number of methoxy groups -OCH3 is 1. The molecule has 1 aliphatic heterocycles. The molecule has 156 valence electrons. The number of rotatable bonds is 4. The Balaban J connectivity index is 0.00000256. The molecule has 1 aromatic carbocycles. The van der Waals surface area contributed by atoms with Gasteiger partial charge in [-0.1, -0.05) is 0 Å². The quantitative estimate of drug-likeness (QED) is 0.631. The van der Waals surface area contributed by atoms with E-state index in [0.29, 0.717) is 22.5 Å². The number of aryl methyl sites for hydroxylation is 1. The number of hydrogen-bond acceptors (Lipinski definition) is 6. The van der Waals surface area contributed by atoms with Crippen LogP contribution in [0.5, 0.6) is 0 Å². The van der Waals surface area contributed by atoms with Gasteiger partial charge in [0.05, 0.1) is 23.9 Å². The van der Waals surface area contributed by atoms with Crippen molar-refractivity contribution in [1.29, 1.82) is 0 Å². The number of benzene rings is 1. The van der Waals surface area contributed by atoms with Crippen molar-refractivity contribution in [3.63, 3.8) is 0 Å². The van der Waals surface area contributed by atoms with E-state index >= 15 is 0 Å². The number of halogens is 1. The molecule has 2 aromatic heterocycles. The van der Waals surface area contributed by atoms with Crippen LogP contribution in [0.3, 0.4) is 0 Å². The Morgan fingerprint density at radius 1 is 1.07 bits per heavy atom. The fourth-order valence-electron chi connectivity index (χ4n) is 3.51. The lowest BCUT2D eigenvalue weighted by Gasteiger charge is -2.19. The van der Waals surface area contributed by atoms with Crippen molar-refractivity contribution in [2.24, 2.45) is 0 Å². The molecule has 1 fully saturated rings. The average Bonchev–Trinajstić information content (AvgIpc) is 3.28. The minimum absolute atomic E-state index is 0. The molecule has 1 aliphatic rings. The molecule has 0 atom stereocenters. The topological polar surface area (TPSA) is 84.4 Å². The molecular weight excluding hydrogens is 404 g/mol. The van der Waals surface area contributed by atoms with Gasteiger partial charge in [-0.15, -0.1) is 12.4 Å². The Hall–Kier alpha value is -3.19. The first-order chi connectivity index (χ1) is 14.1. The SMILES string of the molecule is COC(=O)c1ccc(Nc2c(C(=O)N3CCCC3)cnc3nc(C)ccc23)cc1.Cl. The first kappa shape index (κ1) is 21.5. The van der Waals surface area contributed by atoms with Crippen molar-refractivity contribution in [3.05, 3.63) is 59.4 Å². The molecule has 1 N–H and O–H groups in total. The summed E-state index contributed by atoms with van der Waals surface area (Å²) in [7, 11) is 1.35. The highest BCUT2D eigenvalue weighted by Crippen LogP contribution is 2.30. The second-order valence-corrected chi connectivity index (χ2v) is 7.06. The van der Waals surface area contributed by atoms with E-state index in [-0.39, 0.29) is 18.3 Å². The lowest BCUT2D eigenvalue weighted by Crippen LogP contribution is -2.28. The highest BCUT2D eigenvalue weighted by atomic mass is 35.5. The molecule has 7 nitrogen and oxygen atoms in total. The summed E-state index contributed by atoms with van der Waals surface area (Å²) in [4.78, 5) is 35.6. The number of fused-ring (bicyclic) bond motifs is 1. The summed E-state index contributed by atoms with van der Waals surface area (Å²) in [5.74, 6) is -0.429. The van der Waals surface area contributed by atoms with E-state index < -0.39 is 5.97 Å². The third-order valence-electron chi connectivity index (χ3n) is 5.07. The second kappa shape index (κ2) is 9.09. The minimum Gasteiger partial charge on any atom is -0.465 e. The van der Waals surface area contributed by atoms with Crippen molar-refractivity contribution in [1.82, 2.24) is 14.9 Å². The number of hydrogen-bond donors (Lipinski definition) is 1. The summed E-state index contributed by atoms with van der Waals surface area (Å²) >= 11 is 0. The van der Waals surface area contributed by atoms with Gasteiger partial charge < -0.3 is 15.0 Å². The van der Waals surface area contributed by atoms with Crippen LogP contribution in [0.15, 0.2) is 42.6 Å². The number of amides is 1. The minimum atomic E-state index is -0.393. The first-order valence-electron chi connectivity index (χ1n) is 9.58. The van der Waals surface area contributed by atoms with Crippen LogP contribution < -0.4 is 5.32 Å². The van der Waals surface area contributed by atoms with Gasteiger partial charge >= 0.3 is 5.97 Å². The zero-order valence-electron chi connectivity index (χ0n) is 16.8. The highest BCUT2D eigenvalue weighted by Gasteiger charge is 2.24. The van der Waals surface area contributed by atoms with Gasteiger partial charge in [0, 0.05) is 36.1 Å². The summed E-state index contributed by atoms with van der Waals surface area (Å²) in [5, 5.41) is 4.12. The van der Waals surface area contributed by atoms with E-state index in [1.165, 1.54) is 7.11 Å². The van der Waals surface area contributed by atoms with Gasteiger partial charge in [0.1, 0.15) is 0 Å². The summed E-state index contributed by atoms with van der Waals surface area (Å²) < 4.78 is 4.74. The second-order valence-electron chi connectivity index (χ2n) is 7.06. The molecule has 0 saturated carbocycles. The normalized spacial score (nSPS) is 13.1. The van der Waals surface area contributed by atoms with Crippen LogP contribution in [0.4, 0.5) is 11.4 Å². The molecule has 3 aromatic rings. The summed E-state index contributed by atoms with van der Waals surface area (Å²) in [6.07, 6.45) is 3.64. The van der Waals surface area contributed by atoms with Crippen LogP contribution in [-0.2, 0) is 4.74 Å². The third-order valence-corrected chi connectivity index (χ3v) is 5.07. The number of nitrogens with zero attached hydrogens (tertiary/aromatic N) is 3. The fraction of sp³-hybridized carbons (Fsp3) is 0.273. The molecule has 4 rings (SSSR count). The van der Waals surface area contributed by atoms with Crippen molar-refractivity contribution in [3.8, 4) is 0 Å². The van der Waals surface area contributed by atoms with Gasteiger partial charge in [0.25, 0.3) is 5.91 Å². The van der Waals surface area contributed by atoms with E-state index in [9.17, 15) is 9.59 Å². The van der Waals surface area contributed by atoms with Crippen LogP contribution in [0.25, 0.3) is 11.0 Å². The summed E-state index contributed by atoms with van der Waals surface area (Å²) in [6.45, 7) is 3.43. The third kappa shape index (κ3) is 4.21. The molecule has 0 bridgehead atoms. The van der Waals surface area contributed by atoms with Gasteiger partial charge in [-0.25, -0.2) is 14.8 Å². The van der Waals surface area contributed by atoms with Gasteiger partial charge in [0.15, 0.2) is 5.65 Å². The molecule has 1 saturated heterocycles. The predicted octanol–water partition coefficient (Wildman–Crippen LogP) is 4.13. The maximum atomic E-state index is 13.1. The van der Waals surface area contributed by atoms with E-state index in [0.717, 1.165) is 42.7 Å². The van der Waals surface area contributed by atoms with Crippen LogP contribution >= 0.6 is 12.4 Å². The molecule has 1 amide bonds. The molecule has 0 radical (unpaired) electrons. The number of aromatic nitrogens is 2. The van der Waals surface area contributed by atoms with Crippen molar-refractivity contribution in [2.45, 2.75) is 19.8 Å². The Bertz CT molecular complexity index is 1080. The molecule has 8 heteroatoms. The van der Waals surface area contributed by atoms with Crippen LogP contribution in [0, 0.1) is 6.92 Å². The fourth-order valence-corrected chi connectivity index (χ4v) is 3.51. The molecular formula is C22H23ClN4O3. The first-order valence-corrected chi connectivity index (χ1v) is 9.58. The van der Waals surface area contributed by atoms with Crippen molar-refractivity contribution < 1.29 is 14.3 Å². The zero-order chi connectivity index (χ0) is 20.4. The number of pyridine rings is 2. The zero-order valence-corrected chi connectivity index (χ0v) is 17.7. The van der Waals surface area contributed by atoms with E-state index in [1.54, 1.807) is 30.5 Å². The van der Waals surface area contributed by atoms with E-state index in [4.69, 9.17) is 4.74 Å². The molecule has 0 unspecified atom stereocenters. The number of nitrogens with one attached hydrogen (secondary N) is 1. The largest absolute Gasteiger partial charge is 0.465 e. The van der Waals surface area contributed by atoms with E-state index in [2.05, 4.69) is 15.3 Å². The Labute approximate surface area is 180 Å². The maximum Gasteiger partial charge on any atom is 0.337 e. The number of carbonyl (C=O) groups is 2. The van der Waals surface area contributed by atoms with Crippen LogP contribution in [-0.4, -0.2) is 46.9 Å². The maximum absolute atomic E-state index is 13.1. The van der Waals surface area contributed by atoms with Crippen LogP contribution in [0.1, 0.15) is 39.3 Å². The number of carbonyl (C=O) groups excluding carboxylic acids is 2. The molecule has 0 aliphatic carbocycles. The standard InChI is InChI=1S/C22H22N4O3.ClH/c1-14-5-10-17-19(25-16-8-6-15(7-9-16)22(28)29-2)18(13-23-20(17)24-14)21(27)26-11-3-4-12-26;/h5-10,13H,3-4,11-12H2,1-2H3,(H,23,24,25);1H. The Morgan fingerprint density at radius 2 is 1.77 bits per heavy atom. The van der Waals surface area contributed by atoms with Gasteiger partial charge in [-0.3, -0.25) is 4.79 Å². The summed E-state index contributed by atoms with van der Waals surface area (Å²) in [6, 6.07) is 10.8. The highest BCUT2D eigenvalue weighted by molar-refractivity contribution is 6.07. The molecule has 0 spiro atoms. The van der Waals surface area contributed by atoms with Crippen molar-refractivity contribution >= 4 is 46.7 Å². The molecule has 30 heavy (non-hydrogen) atoms. The van der Waals surface area contributed by atoms with E-state index in [1.807, 2.05) is 24.0 Å². The van der Waals surface area contributed by atoms with Crippen molar-refractivity contribution in [2.75, 3.05) is 25.5 Å². The molecule has 3 heterocycles. The number of likely N-dealkylation sites (tertiary alicyclic amines) is 1. The Morgan fingerprint density at radius 3 is 2.43 bits per heavy atom. The monoisotopic (exact) mass is 426 g/mol. The Kier molecular flexibility index (Phi) is 6.52. The number of esters is 1. The average molecular weight is 427 g/mol. The number of ether oxygens (including phenoxy) is 1. The van der Waals surface area contributed by atoms with Gasteiger partial charge in [-0.2, -0.15) is 0 Å². The van der Waals surface area contributed by atoms with Crippen LogP contribution in [0.2, 0.25) is 0 Å². The smallest absolute Gasteiger partial charge is 0.337 e. The predicted molar refractivity (Wildman–Crippen MR) is 118 cm³/mol. The van der Waals surface area contributed by atoms with Gasteiger partial charge in [0.2, 0.25) is 0 Å². The number of anilines is 2. The van der Waals surface area contributed by atoms with Gasteiger partial charge in [-0.05, 0) is 56.2 Å². The lowest BCUT2D eigenvalue weighted by atomic mass is 10.1.